The molecule has 2 aromatic heterocycles. The van der Waals surface area contributed by atoms with E-state index in [9.17, 15) is 21.6 Å². The summed E-state index contributed by atoms with van der Waals surface area (Å²) in [6, 6.07) is 3.17. The minimum absolute atomic E-state index is 0. The van der Waals surface area contributed by atoms with Crippen LogP contribution in [0.2, 0.25) is 0 Å². The standard InChI is InChI=1S/C14H18F3N5O2S3.HI/c1-18-13(19-5-4-11-22-10(9-26-11)14(15,16)17)20-6-7-21-27(23,24)12-3-2-8-25-12;/h2-3,8-9,21H,4-7H2,1H3,(H2,18,19,20);1H. The van der Waals surface area contributed by atoms with Crippen molar-refractivity contribution in [3.63, 3.8) is 0 Å². The molecule has 0 spiro atoms. The van der Waals surface area contributed by atoms with Gasteiger partial charge in [-0.1, -0.05) is 6.07 Å². The van der Waals surface area contributed by atoms with Crippen LogP contribution >= 0.6 is 46.7 Å². The molecule has 3 N–H and O–H groups in total. The van der Waals surface area contributed by atoms with E-state index >= 15 is 0 Å². The summed E-state index contributed by atoms with van der Waals surface area (Å²) in [6.07, 6.45) is -4.12. The average molecular weight is 569 g/mol. The van der Waals surface area contributed by atoms with Gasteiger partial charge >= 0.3 is 6.18 Å². The van der Waals surface area contributed by atoms with Crippen LogP contribution in [0.25, 0.3) is 0 Å². The van der Waals surface area contributed by atoms with Crippen molar-refractivity contribution in [2.75, 3.05) is 26.7 Å². The van der Waals surface area contributed by atoms with Gasteiger partial charge in [0.15, 0.2) is 11.7 Å². The summed E-state index contributed by atoms with van der Waals surface area (Å²) in [6.45, 7) is 0.785. The molecule has 0 bridgehead atoms. The molecule has 0 aliphatic carbocycles. The van der Waals surface area contributed by atoms with Crippen molar-refractivity contribution in [3.05, 3.63) is 33.6 Å². The zero-order valence-electron chi connectivity index (χ0n) is 14.6. The van der Waals surface area contributed by atoms with Gasteiger partial charge in [0.05, 0.1) is 5.01 Å². The first kappa shape index (κ1) is 25.1. The van der Waals surface area contributed by atoms with Crippen LogP contribution in [0.1, 0.15) is 10.7 Å². The lowest BCUT2D eigenvalue weighted by Crippen LogP contribution is -2.42. The Kier molecular flexibility index (Phi) is 10.1. The summed E-state index contributed by atoms with van der Waals surface area (Å²) < 4.78 is 64.1. The Morgan fingerprint density at radius 1 is 1.21 bits per heavy atom. The van der Waals surface area contributed by atoms with E-state index in [2.05, 4.69) is 25.3 Å². The fraction of sp³-hybridized carbons (Fsp3) is 0.429. The van der Waals surface area contributed by atoms with Crippen LogP contribution < -0.4 is 15.4 Å². The number of alkyl halides is 3. The van der Waals surface area contributed by atoms with E-state index < -0.39 is 21.9 Å². The van der Waals surface area contributed by atoms with Gasteiger partial charge in [-0.3, -0.25) is 4.99 Å². The number of thiophene rings is 1. The van der Waals surface area contributed by atoms with E-state index in [0.717, 1.165) is 28.1 Å². The quantitative estimate of drug-likeness (QED) is 0.197. The molecule has 2 rings (SSSR count). The van der Waals surface area contributed by atoms with Gasteiger partial charge in [0.1, 0.15) is 4.21 Å². The first-order valence-corrected chi connectivity index (χ1v) is 11.0. The van der Waals surface area contributed by atoms with Gasteiger partial charge in [-0.2, -0.15) is 13.2 Å². The fourth-order valence-corrected chi connectivity index (χ4v) is 4.79. The number of aromatic nitrogens is 1. The maximum absolute atomic E-state index is 12.5. The second kappa shape index (κ2) is 11.3. The van der Waals surface area contributed by atoms with Gasteiger partial charge in [0, 0.05) is 38.5 Å². The molecular weight excluding hydrogens is 550 g/mol. The van der Waals surface area contributed by atoms with E-state index in [0.29, 0.717) is 30.5 Å². The Morgan fingerprint density at radius 3 is 2.50 bits per heavy atom. The SMILES string of the molecule is CN=C(NCCNS(=O)(=O)c1cccs1)NCCc1nc(C(F)(F)F)cs1.I. The fourth-order valence-electron chi connectivity index (χ4n) is 1.92. The molecule has 0 saturated heterocycles. The monoisotopic (exact) mass is 569 g/mol. The van der Waals surface area contributed by atoms with Crippen LogP contribution in [0.15, 0.2) is 32.1 Å². The molecule has 7 nitrogen and oxygen atoms in total. The summed E-state index contributed by atoms with van der Waals surface area (Å²) in [5.41, 5.74) is -0.886. The lowest BCUT2D eigenvalue weighted by atomic mass is 10.4. The number of aliphatic imine (C=N–C) groups is 1. The number of nitrogens with zero attached hydrogens (tertiary/aromatic N) is 2. The largest absolute Gasteiger partial charge is 0.434 e. The topological polar surface area (TPSA) is 95.5 Å². The van der Waals surface area contributed by atoms with Gasteiger partial charge < -0.3 is 10.6 Å². The van der Waals surface area contributed by atoms with Crippen LogP contribution in [-0.4, -0.2) is 46.0 Å². The van der Waals surface area contributed by atoms with Crippen molar-refractivity contribution in [2.45, 2.75) is 16.8 Å². The van der Waals surface area contributed by atoms with Crippen molar-refractivity contribution in [1.29, 1.82) is 0 Å². The minimum atomic E-state index is -4.43. The zero-order valence-corrected chi connectivity index (χ0v) is 19.4. The number of thiazole rings is 1. The Balaban J connectivity index is 0.00000392. The molecule has 0 amide bonds. The lowest BCUT2D eigenvalue weighted by Gasteiger charge is -2.11. The molecule has 0 saturated carbocycles. The molecule has 158 valence electrons. The van der Waals surface area contributed by atoms with Gasteiger partial charge in [-0.05, 0) is 11.4 Å². The molecule has 2 heterocycles. The van der Waals surface area contributed by atoms with Crippen molar-refractivity contribution >= 4 is 62.6 Å². The molecular formula is C14H19F3IN5O2S3. The number of guanidine groups is 1. The van der Waals surface area contributed by atoms with Crippen LogP contribution in [0, 0.1) is 0 Å². The number of sulfonamides is 1. The van der Waals surface area contributed by atoms with Crippen molar-refractivity contribution < 1.29 is 21.6 Å². The molecule has 2 aromatic rings. The Morgan fingerprint density at radius 2 is 1.93 bits per heavy atom. The maximum atomic E-state index is 12.5. The van der Waals surface area contributed by atoms with Gasteiger partial charge in [-0.25, -0.2) is 18.1 Å². The van der Waals surface area contributed by atoms with E-state index in [1.165, 1.54) is 13.1 Å². The third-order valence-corrected chi connectivity index (χ3v) is 6.93. The molecule has 14 heteroatoms. The molecule has 0 radical (unpaired) electrons. The van der Waals surface area contributed by atoms with E-state index in [-0.39, 0.29) is 34.7 Å². The normalized spacial score (nSPS) is 12.5. The van der Waals surface area contributed by atoms with Gasteiger partial charge in [-0.15, -0.1) is 46.7 Å². The summed E-state index contributed by atoms with van der Waals surface area (Å²) in [5, 5.41) is 8.90. The van der Waals surface area contributed by atoms with E-state index in [4.69, 9.17) is 0 Å². The average Bonchev–Trinajstić information content (AvgIpc) is 3.28. The third kappa shape index (κ3) is 7.81. The predicted octanol–water partition coefficient (Wildman–Crippen LogP) is 2.53. The Labute approximate surface area is 185 Å². The van der Waals surface area contributed by atoms with Crippen molar-refractivity contribution in [2.24, 2.45) is 4.99 Å². The smallest absolute Gasteiger partial charge is 0.356 e. The van der Waals surface area contributed by atoms with E-state index in [1.54, 1.807) is 11.4 Å². The number of rotatable bonds is 8. The molecule has 0 aliphatic rings. The minimum Gasteiger partial charge on any atom is -0.356 e. The zero-order chi connectivity index (χ0) is 19.9. The van der Waals surface area contributed by atoms with Gasteiger partial charge in [0.25, 0.3) is 0 Å². The van der Waals surface area contributed by atoms with Crippen LogP contribution in [-0.2, 0) is 22.6 Å². The predicted molar refractivity (Wildman–Crippen MR) is 115 cm³/mol. The molecule has 28 heavy (non-hydrogen) atoms. The highest BCUT2D eigenvalue weighted by molar-refractivity contribution is 14.0. The lowest BCUT2D eigenvalue weighted by molar-refractivity contribution is -0.140. The summed E-state index contributed by atoms with van der Waals surface area (Å²) in [5.74, 6) is 0.415. The molecule has 0 aliphatic heterocycles. The first-order valence-electron chi connectivity index (χ1n) is 7.71. The summed E-state index contributed by atoms with van der Waals surface area (Å²) in [4.78, 5) is 7.52. The molecule has 0 unspecified atom stereocenters. The first-order chi connectivity index (χ1) is 12.7. The van der Waals surface area contributed by atoms with E-state index in [1.807, 2.05) is 0 Å². The van der Waals surface area contributed by atoms with Crippen LogP contribution in [0.5, 0.6) is 0 Å². The number of hydrogen-bond donors (Lipinski definition) is 3. The molecule has 0 fully saturated rings. The highest BCUT2D eigenvalue weighted by Crippen LogP contribution is 2.29. The summed E-state index contributed by atoms with van der Waals surface area (Å²) in [7, 11) is -1.98. The number of halogens is 4. The van der Waals surface area contributed by atoms with Gasteiger partial charge in [0.2, 0.25) is 10.0 Å². The second-order valence-electron chi connectivity index (χ2n) is 5.13. The second-order valence-corrected chi connectivity index (χ2v) is 9.01. The van der Waals surface area contributed by atoms with Crippen LogP contribution in [0.4, 0.5) is 13.2 Å². The Bertz CT molecular complexity index is 854. The molecule has 0 atom stereocenters. The number of hydrogen-bond acceptors (Lipinski definition) is 6. The Hall–Kier alpha value is -0.970. The highest BCUT2D eigenvalue weighted by Gasteiger charge is 2.33. The van der Waals surface area contributed by atoms with Crippen molar-refractivity contribution in [1.82, 2.24) is 20.3 Å². The third-order valence-electron chi connectivity index (χ3n) is 3.17. The summed E-state index contributed by atoms with van der Waals surface area (Å²) >= 11 is 2.08. The maximum Gasteiger partial charge on any atom is 0.434 e. The van der Waals surface area contributed by atoms with Crippen LogP contribution in [0.3, 0.4) is 0 Å². The van der Waals surface area contributed by atoms with Crippen molar-refractivity contribution in [3.8, 4) is 0 Å². The molecule has 0 aromatic carbocycles. The number of nitrogens with one attached hydrogen (secondary N) is 3. The highest BCUT2D eigenvalue weighted by atomic mass is 127.